The maximum atomic E-state index is 12.8. The van der Waals surface area contributed by atoms with Crippen LogP contribution in [0.1, 0.15) is 5.56 Å². The van der Waals surface area contributed by atoms with Crippen LogP contribution in [-0.4, -0.2) is 23.1 Å². The van der Waals surface area contributed by atoms with E-state index in [4.69, 9.17) is 16.3 Å². The largest absolute Gasteiger partial charge is 2.00 e. The van der Waals surface area contributed by atoms with E-state index in [9.17, 15) is 4.39 Å². The molecule has 5 heteroatoms. The van der Waals surface area contributed by atoms with Crippen molar-refractivity contribution in [3.8, 4) is 5.75 Å². The Kier molecular flexibility index (Phi) is 8.60. The first-order chi connectivity index (χ1) is 7.75. The molecular formula is C13H9BrClFMgO. The van der Waals surface area contributed by atoms with Gasteiger partial charge >= 0.3 is 23.1 Å². The van der Waals surface area contributed by atoms with Gasteiger partial charge in [0.05, 0.1) is 0 Å². The summed E-state index contributed by atoms with van der Waals surface area (Å²) in [4.78, 5) is 0. The number of halogens is 3. The third-order valence-corrected chi connectivity index (χ3v) is 2.45. The van der Waals surface area contributed by atoms with Crippen molar-refractivity contribution in [3.63, 3.8) is 0 Å². The van der Waals surface area contributed by atoms with Crippen LogP contribution in [0.3, 0.4) is 0 Å². The summed E-state index contributed by atoms with van der Waals surface area (Å²) >= 11 is 5.96. The molecule has 0 saturated heterocycles. The van der Waals surface area contributed by atoms with Crippen molar-refractivity contribution in [2.24, 2.45) is 0 Å². The summed E-state index contributed by atoms with van der Waals surface area (Å²) in [6, 6.07) is 14.3. The number of hydrogen-bond acceptors (Lipinski definition) is 1. The van der Waals surface area contributed by atoms with Crippen molar-refractivity contribution in [1.82, 2.24) is 0 Å². The summed E-state index contributed by atoms with van der Waals surface area (Å²) in [5.41, 5.74) is 0.863. The minimum Gasteiger partial charge on any atom is -1.00 e. The third-order valence-electron chi connectivity index (χ3n) is 2.08. The fraction of sp³-hybridized carbons (Fsp3) is 0.0769. The van der Waals surface area contributed by atoms with Gasteiger partial charge < -0.3 is 21.7 Å². The number of ether oxygens (including phenoxy) is 1. The zero-order chi connectivity index (χ0) is 11.4. The Bertz CT molecular complexity index is 496. The van der Waals surface area contributed by atoms with Crippen molar-refractivity contribution in [2.75, 3.05) is 0 Å². The van der Waals surface area contributed by atoms with Crippen LogP contribution in [0.15, 0.2) is 42.5 Å². The zero-order valence-corrected chi connectivity index (χ0v) is 13.3. The average molecular weight is 340 g/mol. The van der Waals surface area contributed by atoms with Gasteiger partial charge in [-0.25, -0.2) is 4.39 Å². The van der Waals surface area contributed by atoms with E-state index in [1.165, 1.54) is 18.2 Å². The Balaban J connectivity index is 0.00000144. The van der Waals surface area contributed by atoms with Crippen LogP contribution < -0.4 is 21.7 Å². The molecule has 0 heterocycles. The van der Waals surface area contributed by atoms with Crippen LogP contribution >= 0.6 is 11.6 Å². The summed E-state index contributed by atoms with van der Waals surface area (Å²) < 4.78 is 18.2. The van der Waals surface area contributed by atoms with Gasteiger partial charge in [-0.3, -0.25) is 0 Å². The molecule has 2 aromatic rings. The van der Waals surface area contributed by atoms with Gasteiger partial charge in [-0.1, -0.05) is 35.9 Å². The van der Waals surface area contributed by atoms with Gasteiger partial charge in [0.15, 0.2) is 0 Å². The normalized spacial score (nSPS) is 9.00. The molecule has 0 amide bonds. The molecule has 0 aliphatic rings. The second-order valence-corrected chi connectivity index (χ2v) is 3.66. The first-order valence-corrected chi connectivity index (χ1v) is 5.17. The minimum absolute atomic E-state index is 0. The molecule has 0 saturated carbocycles. The second-order valence-electron chi connectivity index (χ2n) is 3.25. The van der Waals surface area contributed by atoms with Crippen LogP contribution in [0.25, 0.3) is 0 Å². The third kappa shape index (κ3) is 5.14. The molecule has 0 aliphatic heterocycles. The standard InChI is InChI=1S/C13H9ClFO.BrH.Mg/c14-13-7-2-1-4-10(13)9-16-12-6-3-5-11(15)8-12;;/h1-5,7-8H,9H2;1H;/q-1;;+2/p-1. The van der Waals surface area contributed by atoms with E-state index in [0.717, 1.165) is 5.56 Å². The SMILES string of the molecule is Fc1cc[c-]c(OCc2ccccc2Cl)c1.[Br-].[Mg+2]. The van der Waals surface area contributed by atoms with E-state index in [1.54, 1.807) is 6.07 Å². The summed E-state index contributed by atoms with van der Waals surface area (Å²) in [5, 5.41) is 0.638. The van der Waals surface area contributed by atoms with Gasteiger partial charge in [0, 0.05) is 22.2 Å². The molecule has 90 valence electrons. The van der Waals surface area contributed by atoms with Gasteiger partial charge in [-0.05, 0) is 6.07 Å². The molecule has 0 unspecified atom stereocenters. The van der Waals surface area contributed by atoms with Gasteiger partial charge in [0.2, 0.25) is 0 Å². The van der Waals surface area contributed by atoms with Gasteiger partial charge in [0.1, 0.15) is 6.61 Å². The molecule has 0 radical (unpaired) electrons. The Morgan fingerprint density at radius 3 is 2.61 bits per heavy atom. The Hall–Kier alpha value is -0.294. The second kappa shape index (κ2) is 8.75. The first kappa shape index (κ1) is 17.7. The molecule has 0 fully saturated rings. The number of rotatable bonds is 3. The maximum absolute atomic E-state index is 12.8. The quantitative estimate of drug-likeness (QED) is 0.584. The molecule has 0 bridgehead atoms. The van der Waals surface area contributed by atoms with Gasteiger partial charge in [-0.15, -0.1) is 12.1 Å². The Labute approximate surface area is 137 Å². The summed E-state index contributed by atoms with van der Waals surface area (Å²) in [5.74, 6) is 0.0350. The fourth-order valence-electron chi connectivity index (χ4n) is 1.27. The van der Waals surface area contributed by atoms with Crippen molar-refractivity contribution >= 4 is 34.7 Å². The number of benzene rings is 2. The van der Waals surface area contributed by atoms with Crippen molar-refractivity contribution in [2.45, 2.75) is 6.61 Å². The molecule has 1 nitrogen and oxygen atoms in total. The molecule has 0 spiro atoms. The average Bonchev–Trinajstić information content (AvgIpc) is 2.28. The van der Waals surface area contributed by atoms with E-state index in [0.29, 0.717) is 17.4 Å². The van der Waals surface area contributed by atoms with E-state index in [1.807, 2.05) is 18.2 Å². The van der Waals surface area contributed by atoms with Crippen LogP contribution in [0.4, 0.5) is 4.39 Å². The van der Waals surface area contributed by atoms with Crippen LogP contribution in [0.5, 0.6) is 5.75 Å². The van der Waals surface area contributed by atoms with Crippen molar-refractivity contribution in [1.29, 1.82) is 0 Å². The predicted octanol–water partition coefficient (Wildman–Crippen LogP) is 0.481. The van der Waals surface area contributed by atoms with Crippen molar-refractivity contribution < 1.29 is 26.1 Å². The molecule has 2 aromatic carbocycles. The molecule has 2 rings (SSSR count). The summed E-state index contributed by atoms with van der Waals surface area (Å²) in [6.07, 6.45) is 0. The van der Waals surface area contributed by atoms with Crippen LogP contribution in [0.2, 0.25) is 5.02 Å². The fourth-order valence-corrected chi connectivity index (χ4v) is 1.46. The van der Waals surface area contributed by atoms with Crippen LogP contribution in [-0.2, 0) is 6.61 Å². The maximum Gasteiger partial charge on any atom is 2.00 e. The smallest absolute Gasteiger partial charge is 1.00 e. The molecule has 18 heavy (non-hydrogen) atoms. The predicted molar refractivity (Wildman–Crippen MR) is 66.8 cm³/mol. The minimum atomic E-state index is -0.340. The van der Waals surface area contributed by atoms with Gasteiger partial charge in [-0.2, -0.15) is 6.07 Å². The molecule has 0 N–H and O–H groups in total. The molecular weight excluding hydrogens is 331 g/mol. The zero-order valence-electron chi connectivity index (χ0n) is 9.50. The van der Waals surface area contributed by atoms with E-state index >= 15 is 0 Å². The van der Waals surface area contributed by atoms with Crippen molar-refractivity contribution in [3.05, 3.63) is 64.9 Å². The Morgan fingerprint density at radius 2 is 1.94 bits per heavy atom. The molecule has 0 aromatic heterocycles. The topological polar surface area (TPSA) is 9.23 Å². The van der Waals surface area contributed by atoms with E-state index in [2.05, 4.69) is 6.07 Å². The molecule has 0 atom stereocenters. The van der Waals surface area contributed by atoms with Gasteiger partial charge in [0.25, 0.3) is 0 Å². The van der Waals surface area contributed by atoms with Crippen LogP contribution in [0, 0.1) is 11.9 Å². The molecule has 0 aliphatic carbocycles. The monoisotopic (exact) mass is 338 g/mol. The Morgan fingerprint density at radius 1 is 1.22 bits per heavy atom. The van der Waals surface area contributed by atoms with E-state index < -0.39 is 0 Å². The van der Waals surface area contributed by atoms with E-state index in [-0.39, 0.29) is 45.9 Å². The number of hydrogen-bond donors (Lipinski definition) is 0. The summed E-state index contributed by atoms with van der Waals surface area (Å²) in [7, 11) is 0. The first-order valence-electron chi connectivity index (χ1n) is 4.79. The summed E-state index contributed by atoms with van der Waals surface area (Å²) in [6.45, 7) is 0.305.